The molecule has 0 saturated carbocycles. The summed E-state index contributed by atoms with van der Waals surface area (Å²) in [6.45, 7) is 5.80. The van der Waals surface area contributed by atoms with Gasteiger partial charge in [0.05, 0.1) is 17.6 Å². The highest BCUT2D eigenvalue weighted by molar-refractivity contribution is 7.15. The molecule has 0 aromatic carbocycles. The van der Waals surface area contributed by atoms with E-state index in [2.05, 4.69) is 22.2 Å². The maximum Gasteiger partial charge on any atom is 0.142 e. The molecule has 0 fully saturated rings. The summed E-state index contributed by atoms with van der Waals surface area (Å²) in [7, 11) is 0. The van der Waals surface area contributed by atoms with E-state index in [1.165, 1.54) is 17.1 Å². The summed E-state index contributed by atoms with van der Waals surface area (Å²) in [5.74, 6) is -0.324. The van der Waals surface area contributed by atoms with Gasteiger partial charge in [-0.1, -0.05) is 6.92 Å². The molecule has 0 amide bonds. The first-order valence-corrected chi connectivity index (χ1v) is 6.31. The first kappa shape index (κ1) is 12.1. The van der Waals surface area contributed by atoms with E-state index in [4.69, 9.17) is 0 Å². The molecule has 0 saturated heterocycles. The third kappa shape index (κ3) is 2.87. The van der Waals surface area contributed by atoms with E-state index < -0.39 is 0 Å². The van der Waals surface area contributed by atoms with Crippen LogP contribution in [0.25, 0.3) is 10.7 Å². The summed E-state index contributed by atoms with van der Waals surface area (Å²) in [5.41, 5.74) is 1.74. The Morgan fingerprint density at radius 2 is 2.24 bits per heavy atom. The quantitative estimate of drug-likeness (QED) is 0.908. The molecule has 0 spiro atoms. The standard InChI is InChI=1S/C12H14FN3S/c1-3-14-7-11-8(2)16-12(17-11)10-5-4-9(13)6-15-10/h4-6,14H,3,7H2,1-2H3. The van der Waals surface area contributed by atoms with Crippen LogP contribution in [0.15, 0.2) is 18.3 Å². The van der Waals surface area contributed by atoms with Crippen LogP contribution in [0.1, 0.15) is 17.5 Å². The number of halogens is 1. The van der Waals surface area contributed by atoms with Gasteiger partial charge >= 0.3 is 0 Å². The van der Waals surface area contributed by atoms with Gasteiger partial charge in [0.2, 0.25) is 0 Å². The minimum absolute atomic E-state index is 0.324. The largest absolute Gasteiger partial charge is 0.312 e. The van der Waals surface area contributed by atoms with Crippen LogP contribution in [0.3, 0.4) is 0 Å². The van der Waals surface area contributed by atoms with Gasteiger partial charge in [0.1, 0.15) is 10.8 Å². The molecule has 1 N–H and O–H groups in total. The number of rotatable bonds is 4. The second-order valence-corrected chi connectivity index (χ2v) is 4.75. The molecule has 2 rings (SSSR count). The lowest BCUT2D eigenvalue weighted by molar-refractivity contribution is 0.622. The fourth-order valence-corrected chi connectivity index (χ4v) is 2.45. The summed E-state index contributed by atoms with van der Waals surface area (Å²) in [6.07, 6.45) is 1.22. The third-order valence-corrected chi connectivity index (χ3v) is 3.55. The molecule has 3 nitrogen and oxygen atoms in total. The second-order valence-electron chi connectivity index (χ2n) is 3.67. The number of hydrogen-bond donors (Lipinski definition) is 1. The van der Waals surface area contributed by atoms with Crippen molar-refractivity contribution in [2.45, 2.75) is 20.4 Å². The van der Waals surface area contributed by atoms with Gasteiger partial charge in [-0.25, -0.2) is 9.37 Å². The van der Waals surface area contributed by atoms with E-state index in [0.29, 0.717) is 0 Å². The van der Waals surface area contributed by atoms with E-state index in [-0.39, 0.29) is 5.82 Å². The summed E-state index contributed by atoms with van der Waals surface area (Å²) in [5, 5.41) is 4.11. The van der Waals surface area contributed by atoms with Crippen LogP contribution in [0, 0.1) is 12.7 Å². The molecule has 2 heterocycles. The van der Waals surface area contributed by atoms with E-state index in [9.17, 15) is 4.39 Å². The molecule has 0 bridgehead atoms. The Labute approximate surface area is 104 Å². The van der Waals surface area contributed by atoms with E-state index in [0.717, 1.165) is 29.5 Å². The van der Waals surface area contributed by atoms with E-state index >= 15 is 0 Å². The van der Waals surface area contributed by atoms with E-state index in [1.54, 1.807) is 17.4 Å². The zero-order valence-corrected chi connectivity index (χ0v) is 10.6. The summed E-state index contributed by atoms with van der Waals surface area (Å²) in [4.78, 5) is 9.69. The van der Waals surface area contributed by atoms with Crippen LogP contribution in [0.2, 0.25) is 0 Å². The topological polar surface area (TPSA) is 37.8 Å². The lowest BCUT2D eigenvalue weighted by atomic mass is 10.3. The van der Waals surface area contributed by atoms with Gasteiger partial charge in [0.15, 0.2) is 0 Å². The Morgan fingerprint density at radius 1 is 1.41 bits per heavy atom. The van der Waals surface area contributed by atoms with Crippen molar-refractivity contribution in [2.24, 2.45) is 0 Å². The molecule has 17 heavy (non-hydrogen) atoms. The van der Waals surface area contributed by atoms with Gasteiger partial charge in [-0.05, 0) is 25.6 Å². The Bertz CT molecular complexity index is 493. The lowest BCUT2D eigenvalue weighted by Crippen LogP contribution is -2.11. The molecular formula is C12H14FN3S. The van der Waals surface area contributed by atoms with Gasteiger partial charge in [0, 0.05) is 11.4 Å². The molecule has 0 radical (unpaired) electrons. The highest BCUT2D eigenvalue weighted by atomic mass is 32.1. The number of hydrogen-bond acceptors (Lipinski definition) is 4. The van der Waals surface area contributed by atoms with Crippen LogP contribution in [0.4, 0.5) is 4.39 Å². The van der Waals surface area contributed by atoms with Crippen molar-refractivity contribution >= 4 is 11.3 Å². The van der Waals surface area contributed by atoms with Crippen molar-refractivity contribution < 1.29 is 4.39 Å². The molecule has 2 aromatic heterocycles. The third-order valence-electron chi connectivity index (χ3n) is 2.37. The lowest BCUT2D eigenvalue weighted by Gasteiger charge is -1.97. The molecule has 5 heteroatoms. The van der Waals surface area contributed by atoms with Crippen molar-refractivity contribution in [1.29, 1.82) is 0 Å². The van der Waals surface area contributed by atoms with Crippen molar-refractivity contribution in [2.75, 3.05) is 6.54 Å². The Balaban J connectivity index is 2.24. The molecule has 0 atom stereocenters. The first-order chi connectivity index (χ1) is 8.20. The molecular weight excluding hydrogens is 237 g/mol. The van der Waals surface area contributed by atoms with Crippen molar-refractivity contribution in [3.63, 3.8) is 0 Å². The van der Waals surface area contributed by atoms with Crippen LogP contribution in [-0.2, 0) is 6.54 Å². The zero-order valence-electron chi connectivity index (χ0n) is 9.83. The van der Waals surface area contributed by atoms with Gasteiger partial charge in [-0.3, -0.25) is 4.98 Å². The van der Waals surface area contributed by atoms with Gasteiger partial charge in [-0.15, -0.1) is 11.3 Å². The average Bonchev–Trinajstić information content (AvgIpc) is 2.69. The van der Waals surface area contributed by atoms with Crippen molar-refractivity contribution in [3.05, 3.63) is 34.7 Å². The van der Waals surface area contributed by atoms with Gasteiger partial charge < -0.3 is 5.32 Å². The summed E-state index contributed by atoms with van der Waals surface area (Å²) >= 11 is 1.60. The van der Waals surface area contributed by atoms with Crippen LogP contribution >= 0.6 is 11.3 Å². The number of nitrogens with zero attached hydrogens (tertiary/aromatic N) is 2. The zero-order chi connectivity index (χ0) is 12.3. The van der Waals surface area contributed by atoms with E-state index in [1.807, 2.05) is 6.92 Å². The maximum absolute atomic E-state index is 12.8. The maximum atomic E-state index is 12.8. The minimum atomic E-state index is -0.324. The Kier molecular flexibility index (Phi) is 3.81. The van der Waals surface area contributed by atoms with Crippen LogP contribution < -0.4 is 5.32 Å². The Hall–Kier alpha value is -1.33. The number of thiazole rings is 1. The summed E-state index contributed by atoms with van der Waals surface area (Å²) in [6, 6.07) is 3.06. The molecule has 0 aliphatic carbocycles. The van der Waals surface area contributed by atoms with Crippen molar-refractivity contribution in [3.8, 4) is 10.7 Å². The number of pyridine rings is 1. The highest BCUT2D eigenvalue weighted by Gasteiger charge is 2.09. The predicted molar refractivity (Wildman–Crippen MR) is 67.4 cm³/mol. The Morgan fingerprint density at radius 3 is 2.88 bits per heavy atom. The van der Waals surface area contributed by atoms with Gasteiger partial charge in [0.25, 0.3) is 0 Å². The molecule has 0 aliphatic rings. The average molecular weight is 251 g/mol. The van der Waals surface area contributed by atoms with Crippen molar-refractivity contribution in [1.82, 2.24) is 15.3 Å². The highest BCUT2D eigenvalue weighted by Crippen LogP contribution is 2.26. The normalized spacial score (nSPS) is 10.8. The van der Waals surface area contributed by atoms with Crippen LogP contribution in [0.5, 0.6) is 0 Å². The first-order valence-electron chi connectivity index (χ1n) is 5.49. The second kappa shape index (κ2) is 5.33. The van der Waals surface area contributed by atoms with Crippen LogP contribution in [-0.4, -0.2) is 16.5 Å². The smallest absolute Gasteiger partial charge is 0.142 e. The number of aromatic nitrogens is 2. The fraction of sp³-hybridized carbons (Fsp3) is 0.333. The number of aryl methyl sites for hydroxylation is 1. The van der Waals surface area contributed by atoms with Gasteiger partial charge in [-0.2, -0.15) is 0 Å². The minimum Gasteiger partial charge on any atom is -0.312 e. The predicted octanol–water partition coefficient (Wildman–Crippen LogP) is 2.76. The fourth-order valence-electron chi connectivity index (χ4n) is 1.44. The monoisotopic (exact) mass is 251 g/mol. The SMILES string of the molecule is CCNCc1sc(-c2ccc(F)cn2)nc1C. The molecule has 0 aliphatic heterocycles. The molecule has 90 valence electrons. The molecule has 0 unspecified atom stereocenters. The summed E-state index contributed by atoms with van der Waals surface area (Å²) < 4.78 is 12.8. The molecule has 2 aromatic rings. The number of nitrogens with one attached hydrogen (secondary N) is 1.